The van der Waals surface area contributed by atoms with Crippen molar-refractivity contribution in [2.24, 2.45) is 0 Å². The van der Waals surface area contributed by atoms with E-state index in [0.29, 0.717) is 12.6 Å². The second kappa shape index (κ2) is 10.7. The second-order valence-corrected chi connectivity index (χ2v) is 7.83. The van der Waals surface area contributed by atoms with Crippen molar-refractivity contribution in [2.45, 2.75) is 46.0 Å². The van der Waals surface area contributed by atoms with Crippen molar-refractivity contribution in [2.75, 3.05) is 32.8 Å². The van der Waals surface area contributed by atoms with E-state index in [1.165, 1.54) is 16.7 Å². The minimum absolute atomic E-state index is 0.0134. The number of aliphatic hydroxyl groups excluding tert-OH is 2. The van der Waals surface area contributed by atoms with E-state index in [2.05, 4.69) is 47.1 Å². The van der Waals surface area contributed by atoms with E-state index in [1.54, 1.807) is 0 Å². The lowest BCUT2D eigenvalue weighted by Gasteiger charge is -2.41. The lowest BCUT2D eigenvalue weighted by atomic mass is 10.0. The van der Waals surface area contributed by atoms with Gasteiger partial charge in [-0.2, -0.15) is 0 Å². The van der Waals surface area contributed by atoms with E-state index in [0.717, 1.165) is 50.5 Å². The maximum atomic E-state index is 9.66. The standard InChI is InChI=1S/C24H34N2O3/c1-3-29-24-9-8-20(14-22(24)18-28)15-25-11-12-26(23(17-25)10-13-27)16-21-7-5-4-6-19(21)2/h4-9,14,23,27-28H,3,10-13,15-18H2,1-2H3. The summed E-state index contributed by atoms with van der Waals surface area (Å²) < 4.78 is 5.59. The van der Waals surface area contributed by atoms with Gasteiger partial charge in [-0.25, -0.2) is 0 Å². The predicted octanol–water partition coefficient (Wildman–Crippen LogP) is 2.95. The molecule has 1 heterocycles. The van der Waals surface area contributed by atoms with Gasteiger partial charge >= 0.3 is 0 Å². The molecule has 0 bridgehead atoms. The zero-order valence-corrected chi connectivity index (χ0v) is 17.7. The van der Waals surface area contributed by atoms with Crippen LogP contribution >= 0.6 is 0 Å². The van der Waals surface area contributed by atoms with Gasteiger partial charge in [-0.3, -0.25) is 9.80 Å². The van der Waals surface area contributed by atoms with Crippen molar-refractivity contribution in [1.29, 1.82) is 0 Å². The molecule has 0 aliphatic carbocycles. The van der Waals surface area contributed by atoms with E-state index in [-0.39, 0.29) is 13.2 Å². The van der Waals surface area contributed by atoms with Gasteiger partial charge in [0.1, 0.15) is 5.75 Å². The Labute approximate surface area is 174 Å². The first-order valence-corrected chi connectivity index (χ1v) is 10.6. The van der Waals surface area contributed by atoms with Gasteiger partial charge in [0.15, 0.2) is 0 Å². The molecule has 1 aliphatic heterocycles. The van der Waals surface area contributed by atoms with Crippen molar-refractivity contribution in [1.82, 2.24) is 9.80 Å². The van der Waals surface area contributed by atoms with Crippen LogP contribution < -0.4 is 4.74 Å². The SMILES string of the molecule is CCOc1ccc(CN2CCN(Cc3ccccc3C)C(CCO)C2)cc1CO. The smallest absolute Gasteiger partial charge is 0.124 e. The number of hydrogen-bond acceptors (Lipinski definition) is 5. The molecule has 29 heavy (non-hydrogen) atoms. The van der Waals surface area contributed by atoms with E-state index >= 15 is 0 Å². The highest BCUT2D eigenvalue weighted by Gasteiger charge is 2.27. The summed E-state index contributed by atoms with van der Waals surface area (Å²) in [5.41, 5.74) is 4.72. The fourth-order valence-electron chi connectivity index (χ4n) is 4.15. The van der Waals surface area contributed by atoms with E-state index < -0.39 is 0 Å². The lowest BCUT2D eigenvalue weighted by Crippen LogP contribution is -2.52. The van der Waals surface area contributed by atoms with Crippen molar-refractivity contribution >= 4 is 0 Å². The molecule has 1 saturated heterocycles. The number of aryl methyl sites for hydroxylation is 1. The Hall–Kier alpha value is -1.92. The van der Waals surface area contributed by atoms with Gasteiger partial charge < -0.3 is 14.9 Å². The predicted molar refractivity (Wildman–Crippen MR) is 116 cm³/mol. The first-order chi connectivity index (χ1) is 14.1. The van der Waals surface area contributed by atoms with Gasteiger partial charge in [-0.1, -0.05) is 30.3 Å². The van der Waals surface area contributed by atoms with Crippen LogP contribution in [0.3, 0.4) is 0 Å². The van der Waals surface area contributed by atoms with Crippen molar-refractivity contribution < 1.29 is 14.9 Å². The quantitative estimate of drug-likeness (QED) is 0.680. The maximum Gasteiger partial charge on any atom is 0.124 e. The summed E-state index contributed by atoms with van der Waals surface area (Å²) in [6, 6.07) is 15.0. The van der Waals surface area contributed by atoms with Crippen LogP contribution in [-0.4, -0.2) is 58.9 Å². The molecule has 2 aromatic carbocycles. The van der Waals surface area contributed by atoms with Crippen LogP contribution in [0.5, 0.6) is 5.75 Å². The lowest BCUT2D eigenvalue weighted by molar-refractivity contribution is 0.0498. The van der Waals surface area contributed by atoms with Crippen molar-refractivity contribution in [3.05, 3.63) is 64.7 Å². The average molecular weight is 399 g/mol. The molecule has 158 valence electrons. The van der Waals surface area contributed by atoms with Crippen LogP contribution in [0.1, 0.15) is 35.6 Å². The molecule has 1 fully saturated rings. The zero-order chi connectivity index (χ0) is 20.6. The number of benzene rings is 2. The Morgan fingerprint density at radius 1 is 1.03 bits per heavy atom. The van der Waals surface area contributed by atoms with E-state index in [1.807, 2.05) is 19.1 Å². The van der Waals surface area contributed by atoms with Crippen molar-refractivity contribution in [3.8, 4) is 5.75 Å². The molecule has 5 heteroatoms. The zero-order valence-electron chi connectivity index (χ0n) is 17.7. The average Bonchev–Trinajstić information content (AvgIpc) is 2.73. The number of piperazine rings is 1. The van der Waals surface area contributed by atoms with Gasteiger partial charge in [-0.05, 0) is 49.1 Å². The van der Waals surface area contributed by atoms with Crippen LogP contribution in [0.25, 0.3) is 0 Å². The Bertz CT molecular complexity index is 780. The fraction of sp³-hybridized carbons (Fsp3) is 0.500. The molecule has 0 radical (unpaired) electrons. The largest absolute Gasteiger partial charge is 0.494 e. The summed E-state index contributed by atoms with van der Waals surface area (Å²) >= 11 is 0. The molecule has 2 aromatic rings. The van der Waals surface area contributed by atoms with Crippen LogP contribution in [0.2, 0.25) is 0 Å². The molecule has 0 aromatic heterocycles. The second-order valence-electron chi connectivity index (χ2n) is 7.83. The first-order valence-electron chi connectivity index (χ1n) is 10.6. The van der Waals surface area contributed by atoms with Gasteiger partial charge in [0, 0.05) is 50.9 Å². The molecule has 1 aliphatic rings. The number of rotatable bonds is 9. The van der Waals surface area contributed by atoms with Gasteiger partial charge in [0.25, 0.3) is 0 Å². The third kappa shape index (κ3) is 5.80. The highest BCUT2D eigenvalue weighted by atomic mass is 16.5. The van der Waals surface area contributed by atoms with Crippen LogP contribution in [0, 0.1) is 6.92 Å². The molecule has 0 spiro atoms. The topological polar surface area (TPSA) is 56.2 Å². The summed E-state index contributed by atoms with van der Waals surface area (Å²) in [5, 5.41) is 19.3. The Balaban J connectivity index is 1.65. The summed E-state index contributed by atoms with van der Waals surface area (Å²) in [6.45, 7) is 9.61. The molecule has 1 unspecified atom stereocenters. The van der Waals surface area contributed by atoms with Crippen LogP contribution in [-0.2, 0) is 19.7 Å². The molecule has 1 atom stereocenters. The Kier molecular flexibility index (Phi) is 8.07. The minimum Gasteiger partial charge on any atom is -0.494 e. The highest BCUT2D eigenvalue weighted by molar-refractivity contribution is 5.37. The van der Waals surface area contributed by atoms with E-state index in [9.17, 15) is 10.2 Å². The molecule has 0 saturated carbocycles. The van der Waals surface area contributed by atoms with Crippen LogP contribution in [0.4, 0.5) is 0 Å². The summed E-state index contributed by atoms with van der Waals surface area (Å²) in [4.78, 5) is 4.96. The maximum absolute atomic E-state index is 9.66. The van der Waals surface area contributed by atoms with Gasteiger partial charge in [-0.15, -0.1) is 0 Å². The first kappa shape index (κ1) is 21.8. The molecule has 2 N–H and O–H groups in total. The number of hydrogen-bond donors (Lipinski definition) is 2. The Morgan fingerprint density at radius 2 is 1.86 bits per heavy atom. The number of ether oxygens (including phenoxy) is 1. The van der Waals surface area contributed by atoms with E-state index in [4.69, 9.17) is 4.74 Å². The Morgan fingerprint density at radius 3 is 2.59 bits per heavy atom. The number of nitrogens with zero attached hydrogens (tertiary/aromatic N) is 2. The summed E-state index contributed by atoms with van der Waals surface area (Å²) in [7, 11) is 0. The van der Waals surface area contributed by atoms with Gasteiger partial charge in [0.05, 0.1) is 13.2 Å². The highest BCUT2D eigenvalue weighted by Crippen LogP contribution is 2.23. The third-order valence-electron chi connectivity index (χ3n) is 5.79. The van der Waals surface area contributed by atoms with Crippen molar-refractivity contribution in [3.63, 3.8) is 0 Å². The summed E-state index contributed by atoms with van der Waals surface area (Å²) in [6.07, 6.45) is 0.785. The molecular formula is C24H34N2O3. The van der Waals surface area contributed by atoms with Gasteiger partial charge in [0.2, 0.25) is 0 Å². The minimum atomic E-state index is -0.0134. The third-order valence-corrected chi connectivity index (χ3v) is 5.79. The molecule has 5 nitrogen and oxygen atoms in total. The molecule has 3 rings (SSSR count). The summed E-state index contributed by atoms with van der Waals surface area (Å²) in [5.74, 6) is 0.764. The number of aliphatic hydroxyl groups is 2. The monoisotopic (exact) mass is 398 g/mol. The fourth-order valence-corrected chi connectivity index (χ4v) is 4.15. The van der Waals surface area contributed by atoms with Crippen LogP contribution in [0.15, 0.2) is 42.5 Å². The normalized spacial score (nSPS) is 18.1. The molecular weight excluding hydrogens is 364 g/mol. The molecule has 0 amide bonds.